The Bertz CT molecular complexity index is 815. The van der Waals surface area contributed by atoms with Gasteiger partial charge in [0.2, 0.25) is 5.91 Å². The van der Waals surface area contributed by atoms with Gasteiger partial charge in [-0.05, 0) is 33.7 Å². The minimum absolute atomic E-state index is 0.113. The van der Waals surface area contributed by atoms with Crippen molar-refractivity contribution in [2.45, 2.75) is 19.0 Å². The summed E-state index contributed by atoms with van der Waals surface area (Å²) in [5.74, 6) is -0.113. The number of tetrazole rings is 1. The third kappa shape index (κ3) is 4.44. The lowest BCUT2D eigenvalue weighted by Crippen LogP contribution is -2.34. The van der Waals surface area contributed by atoms with Crippen molar-refractivity contribution in [1.82, 2.24) is 25.5 Å². The number of anilines is 1. The summed E-state index contributed by atoms with van der Waals surface area (Å²) in [5.41, 5.74) is 3.22. The fraction of sp³-hybridized carbons (Fsp3) is 0.263. The van der Waals surface area contributed by atoms with Gasteiger partial charge in [0.05, 0.1) is 0 Å². The highest BCUT2D eigenvalue weighted by Crippen LogP contribution is 2.15. The Morgan fingerprint density at radius 2 is 1.81 bits per heavy atom. The minimum atomic E-state index is -0.492. The van der Waals surface area contributed by atoms with Gasteiger partial charge in [-0.25, -0.2) is 4.68 Å². The van der Waals surface area contributed by atoms with E-state index in [1.54, 1.807) is 0 Å². The molecule has 0 aliphatic carbocycles. The first-order chi connectivity index (χ1) is 12.6. The first kappa shape index (κ1) is 17.6. The molecular weight excluding hydrogens is 328 g/mol. The lowest BCUT2D eigenvalue weighted by molar-refractivity contribution is -0.124. The van der Waals surface area contributed by atoms with Crippen molar-refractivity contribution in [3.8, 4) is 0 Å². The maximum Gasteiger partial charge on any atom is 0.245 e. The molecule has 3 rings (SSSR count). The number of nitrogens with zero attached hydrogens (tertiary/aromatic N) is 5. The smallest absolute Gasteiger partial charge is 0.245 e. The number of aromatic nitrogens is 4. The van der Waals surface area contributed by atoms with Gasteiger partial charge in [0, 0.05) is 32.7 Å². The quantitative estimate of drug-likeness (QED) is 0.704. The zero-order chi connectivity index (χ0) is 18.4. The summed E-state index contributed by atoms with van der Waals surface area (Å²) < 4.78 is 1.50. The Labute approximate surface area is 152 Å². The molecular formula is C19H22N6O. The van der Waals surface area contributed by atoms with Gasteiger partial charge in [-0.15, -0.1) is 5.10 Å². The van der Waals surface area contributed by atoms with Crippen LogP contribution >= 0.6 is 0 Å². The highest BCUT2D eigenvalue weighted by molar-refractivity contribution is 5.80. The number of amides is 1. The van der Waals surface area contributed by atoms with E-state index in [-0.39, 0.29) is 5.91 Å². The van der Waals surface area contributed by atoms with Crippen LogP contribution in [0.2, 0.25) is 0 Å². The van der Waals surface area contributed by atoms with Crippen LogP contribution in [0.4, 0.5) is 5.69 Å². The first-order valence-corrected chi connectivity index (χ1v) is 8.44. The molecule has 0 spiro atoms. The van der Waals surface area contributed by atoms with Gasteiger partial charge in [0.15, 0.2) is 0 Å². The third-order valence-corrected chi connectivity index (χ3v) is 4.18. The van der Waals surface area contributed by atoms with Gasteiger partial charge in [-0.3, -0.25) is 4.79 Å². The molecule has 0 aliphatic heterocycles. The lowest BCUT2D eigenvalue weighted by Gasteiger charge is -2.17. The van der Waals surface area contributed by atoms with Crippen LogP contribution < -0.4 is 10.2 Å². The van der Waals surface area contributed by atoms with Crippen LogP contribution in [-0.4, -0.2) is 40.2 Å². The van der Waals surface area contributed by atoms with Crippen molar-refractivity contribution in [2.24, 2.45) is 0 Å². The zero-order valence-corrected chi connectivity index (χ0v) is 14.9. The zero-order valence-electron chi connectivity index (χ0n) is 14.9. The van der Waals surface area contributed by atoms with Crippen molar-refractivity contribution in [3.05, 3.63) is 72.1 Å². The Balaban J connectivity index is 1.67. The molecule has 26 heavy (non-hydrogen) atoms. The lowest BCUT2D eigenvalue weighted by atomic mass is 10.1. The van der Waals surface area contributed by atoms with E-state index in [2.05, 4.69) is 20.8 Å². The van der Waals surface area contributed by atoms with Gasteiger partial charge < -0.3 is 10.2 Å². The molecule has 1 atom stereocenters. The highest BCUT2D eigenvalue weighted by Gasteiger charge is 2.22. The predicted octanol–water partition coefficient (Wildman–Crippen LogP) is 1.84. The number of nitrogens with one attached hydrogen (secondary N) is 1. The van der Waals surface area contributed by atoms with E-state index in [0.717, 1.165) is 16.8 Å². The number of rotatable bonds is 7. The molecule has 0 radical (unpaired) electrons. The molecule has 7 heteroatoms. The highest BCUT2D eigenvalue weighted by atomic mass is 16.2. The summed E-state index contributed by atoms with van der Waals surface area (Å²) in [6, 6.07) is 17.4. The van der Waals surface area contributed by atoms with Crippen molar-refractivity contribution < 1.29 is 4.79 Å². The first-order valence-electron chi connectivity index (χ1n) is 8.44. The van der Waals surface area contributed by atoms with Gasteiger partial charge in [0.1, 0.15) is 12.4 Å². The molecule has 1 N–H and O–H groups in total. The second-order valence-corrected chi connectivity index (χ2v) is 6.27. The second-order valence-electron chi connectivity index (χ2n) is 6.27. The van der Waals surface area contributed by atoms with Crippen LogP contribution in [0.15, 0.2) is 60.9 Å². The van der Waals surface area contributed by atoms with E-state index in [9.17, 15) is 4.79 Å². The normalized spacial score (nSPS) is 11.8. The molecule has 3 aromatic rings. The molecule has 134 valence electrons. The molecule has 1 amide bonds. The van der Waals surface area contributed by atoms with Crippen molar-refractivity contribution in [1.29, 1.82) is 0 Å². The van der Waals surface area contributed by atoms with E-state index in [1.165, 1.54) is 11.0 Å². The van der Waals surface area contributed by atoms with Gasteiger partial charge in [-0.1, -0.05) is 42.5 Å². The Hall–Kier alpha value is -3.22. The monoisotopic (exact) mass is 350 g/mol. The number of benzene rings is 2. The van der Waals surface area contributed by atoms with Crippen molar-refractivity contribution in [3.63, 3.8) is 0 Å². The molecule has 0 fully saturated rings. The van der Waals surface area contributed by atoms with Gasteiger partial charge in [-0.2, -0.15) is 0 Å². The van der Waals surface area contributed by atoms with Crippen LogP contribution in [0.3, 0.4) is 0 Å². The van der Waals surface area contributed by atoms with Crippen LogP contribution in [0.25, 0.3) is 0 Å². The molecule has 0 aliphatic rings. The van der Waals surface area contributed by atoms with Crippen LogP contribution in [-0.2, 0) is 17.8 Å². The number of hydrogen-bond donors (Lipinski definition) is 1. The average molecular weight is 350 g/mol. The van der Waals surface area contributed by atoms with E-state index in [0.29, 0.717) is 13.0 Å². The number of hydrogen-bond acceptors (Lipinski definition) is 5. The Morgan fingerprint density at radius 1 is 1.08 bits per heavy atom. The fourth-order valence-electron chi connectivity index (χ4n) is 2.67. The van der Waals surface area contributed by atoms with Crippen molar-refractivity contribution in [2.75, 3.05) is 19.0 Å². The Kier molecular flexibility index (Phi) is 5.58. The topological polar surface area (TPSA) is 75.9 Å². The summed E-state index contributed by atoms with van der Waals surface area (Å²) >= 11 is 0. The summed E-state index contributed by atoms with van der Waals surface area (Å²) in [4.78, 5) is 14.8. The SMILES string of the molecule is CN(C)c1ccc(CNC(=O)C(Cc2ccccc2)n2cnnn2)cc1. The third-order valence-electron chi connectivity index (χ3n) is 4.18. The standard InChI is InChI=1S/C19H22N6O/c1-24(2)17-10-8-16(9-11-17)13-20-19(26)18(25-14-21-22-23-25)12-15-6-4-3-5-7-15/h3-11,14,18H,12-13H2,1-2H3,(H,20,26). The van der Waals surface area contributed by atoms with Crippen molar-refractivity contribution >= 4 is 11.6 Å². The summed E-state index contributed by atoms with van der Waals surface area (Å²) in [6.45, 7) is 0.458. The molecule has 7 nitrogen and oxygen atoms in total. The van der Waals surface area contributed by atoms with E-state index >= 15 is 0 Å². The molecule has 1 unspecified atom stereocenters. The summed E-state index contributed by atoms with van der Waals surface area (Å²) in [7, 11) is 3.99. The van der Waals surface area contributed by atoms with E-state index < -0.39 is 6.04 Å². The van der Waals surface area contributed by atoms with Gasteiger partial charge in [0.25, 0.3) is 0 Å². The Morgan fingerprint density at radius 3 is 2.42 bits per heavy atom. The fourth-order valence-corrected chi connectivity index (χ4v) is 2.67. The van der Waals surface area contributed by atoms with Crippen LogP contribution in [0.1, 0.15) is 17.2 Å². The van der Waals surface area contributed by atoms with E-state index in [1.807, 2.05) is 73.6 Å². The molecule has 0 bridgehead atoms. The number of carbonyl (C=O) groups is 1. The summed E-state index contributed by atoms with van der Waals surface area (Å²) in [5, 5.41) is 14.2. The molecule has 0 saturated heterocycles. The number of carbonyl (C=O) groups excluding carboxylic acids is 1. The molecule has 0 saturated carbocycles. The molecule has 1 aromatic heterocycles. The average Bonchev–Trinajstić information content (AvgIpc) is 3.19. The maximum absolute atomic E-state index is 12.8. The van der Waals surface area contributed by atoms with Crippen LogP contribution in [0, 0.1) is 0 Å². The van der Waals surface area contributed by atoms with E-state index in [4.69, 9.17) is 0 Å². The van der Waals surface area contributed by atoms with Gasteiger partial charge >= 0.3 is 0 Å². The minimum Gasteiger partial charge on any atom is -0.378 e. The molecule has 2 aromatic carbocycles. The van der Waals surface area contributed by atoms with Crippen LogP contribution in [0.5, 0.6) is 0 Å². The molecule has 1 heterocycles. The predicted molar refractivity (Wildman–Crippen MR) is 99.6 cm³/mol. The second kappa shape index (κ2) is 8.24. The largest absolute Gasteiger partial charge is 0.378 e. The summed E-state index contributed by atoms with van der Waals surface area (Å²) in [6.07, 6.45) is 2.00. The maximum atomic E-state index is 12.8.